The molecule has 1 aromatic carbocycles. The summed E-state index contributed by atoms with van der Waals surface area (Å²) in [6, 6.07) is 4.36. The fourth-order valence-electron chi connectivity index (χ4n) is 1.26. The molecule has 0 heterocycles. The van der Waals surface area contributed by atoms with E-state index >= 15 is 0 Å². The first-order valence-corrected chi connectivity index (χ1v) is 4.26. The van der Waals surface area contributed by atoms with Crippen LogP contribution in [0.1, 0.15) is 27.5 Å². The predicted molar refractivity (Wildman–Crippen MR) is 52.2 cm³/mol. The number of aliphatic hydroxyl groups is 1. The first kappa shape index (κ1) is 10.7. The zero-order chi connectivity index (χ0) is 10.7. The highest BCUT2D eigenvalue weighted by molar-refractivity contribution is 5.89. The van der Waals surface area contributed by atoms with Crippen molar-refractivity contribution in [3.05, 3.63) is 34.9 Å². The number of aromatic carboxylic acids is 1. The van der Waals surface area contributed by atoms with Gasteiger partial charge in [-0.1, -0.05) is 12.1 Å². The van der Waals surface area contributed by atoms with Gasteiger partial charge < -0.3 is 15.9 Å². The van der Waals surface area contributed by atoms with Crippen LogP contribution in [0.4, 0.5) is 0 Å². The molecule has 14 heavy (non-hydrogen) atoms. The largest absolute Gasteiger partial charge is 0.478 e. The molecule has 1 atom stereocenters. The minimum Gasteiger partial charge on any atom is -0.478 e. The summed E-state index contributed by atoms with van der Waals surface area (Å²) in [7, 11) is 0. The summed E-state index contributed by atoms with van der Waals surface area (Å²) < 4.78 is 0. The van der Waals surface area contributed by atoms with Gasteiger partial charge in [-0.25, -0.2) is 4.79 Å². The van der Waals surface area contributed by atoms with Crippen LogP contribution in [0.3, 0.4) is 0 Å². The van der Waals surface area contributed by atoms with E-state index in [4.69, 9.17) is 15.9 Å². The third-order valence-electron chi connectivity index (χ3n) is 2.11. The van der Waals surface area contributed by atoms with Crippen molar-refractivity contribution in [1.29, 1.82) is 0 Å². The van der Waals surface area contributed by atoms with Gasteiger partial charge in [0.15, 0.2) is 0 Å². The fourth-order valence-corrected chi connectivity index (χ4v) is 1.26. The number of nitrogens with two attached hydrogens (primary N) is 1. The maximum absolute atomic E-state index is 10.7. The first-order chi connectivity index (χ1) is 6.56. The third-order valence-corrected chi connectivity index (χ3v) is 2.11. The second kappa shape index (κ2) is 4.21. The van der Waals surface area contributed by atoms with Crippen molar-refractivity contribution >= 4 is 5.97 Å². The topological polar surface area (TPSA) is 83.5 Å². The number of carboxylic acid groups (broad SMARTS) is 1. The molecule has 0 fully saturated rings. The van der Waals surface area contributed by atoms with Gasteiger partial charge in [-0.3, -0.25) is 0 Å². The number of hydrogen-bond donors (Lipinski definition) is 3. The number of rotatable bonds is 3. The summed E-state index contributed by atoms with van der Waals surface area (Å²) in [4.78, 5) is 10.7. The van der Waals surface area contributed by atoms with Crippen LogP contribution in [0.15, 0.2) is 18.2 Å². The monoisotopic (exact) mass is 195 g/mol. The van der Waals surface area contributed by atoms with Gasteiger partial charge in [0.25, 0.3) is 0 Å². The number of aryl methyl sites for hydroxylation is 1. The first-order valence-electron chi connectivity index (χ1n) is 4.26. The fraction of sp³-hybridized carbons (Fsp3) is 0.300. The van der Waals surface area contributed by atoms with Crippen molar-refractivity contribution in [1.82, 2.24) is 0 Å². The van der Waals surface area contributed by atoms with E-state index in [9.17, 15) is 4.79 Å². The molecule has 1 aromatic rings. The lowest BCUT2D eigenvalue weighted by Gasteiger charge is -2.10. The molecule has 0 aliphatic carbocycles. The van der Waals surface area contributed by atoms with Gasteiger partial charge >= 0.3 is 5.97 Å². The molecule has 0 bridgehead atoms. The lowest BCUT2D eigenvalue weighted by Crippen LogP contribution is -2.15. The van der Waals surface area contributed by atoms with Crippen molar-refractivity contribution in [2.75, 3.05) is 6.61 Å². The van der Waals surface area contributed by atoms with E-state index < -0.39 is 12.0 Å². The maximum Gasteiger partial charge on any atom is 0.335 e. The minimum absolute atomic E-state index is 0.147. The average Bonchev–Trinajstić information content (AvgIpc) is 2.15. The Morgan fingerprint density at radius 2 is 2.21 bits per heavy atom. The van der Waals surface area contributed by atoms with Crippen molar-refractivity contribution in [2.45, 2.75) is 13.0 Å². The molecule has 1 rings (SSSR count). The van der Waals surface area contributed by atoms with Crippen LogP contribution in [-0.2, 0) is 0 Å². The number of carbonyl (C=O) groups is 1. The van der Waals surface area contributed by atoms with E-state index in [1.165, 1.54) is 6.07 Å². The third kappa shape index (κ3) is 2.10. The number of hydrogen-bond acceptors (Lipinski definition) is 3. The van der Waals surface area contributed by atoms with E-state index in [1.54, 1.807) is 19.1 Å². The second-order valence-corrected chi connectivity index (χ2v) is 3.17. The molecule has 76 valence electrons. The van der Waals surface area contributed by atoms with Gasteiger partial charge in [0.05, 0.1) is 18.2 Å². The highest BCUT2D eigenvalue weighted by Gasteiger charge is 2.10. The van der Waals surface area contributed by atoms with Crippen molar-refractivity contribution in [3.8, 4) is 0 Å². The van der Waals surface area contributed by atoms with Crippen LogP contribution in [0.5, 0.6) is 0 Å². The maximum atomic E-state index is 10.7. The SMILES string of the molecule is Cc1cc(C(N)CO)ccc1C(=O)O. The van der Waals surface area contributed by atoms with Crippen molar-refractivity contribution in [3.63, 3.8) is 0 Å². The molecule has 0 aromatic heterocycles. The zero-order valence-corrected chi connectivity index (χ0v) is 7.90. The highest BCUT2D eigenvalue weighted by atomic mass is 16.4. The lowest BCUT2D eigenvalue weighted by atomic mass is 10.0. The molecular formula is C10H13NO3. The molecule has 0 radical (unpaired) electrons. The van der Waals surface area contributed by atoms with Crippen LogP contribution in [0, 0.1) is 6.92 Å². The van der Waals surface area contributed by atoms with E-state index in [-0.39, 0.29) is 12.2 Å². The van der Waals surface area contributed by atoms with Gasteiger partial charge in [-0.05, 0) is 24.1 Å². The average molecular weight is 195 g/mol. The molecule has 0 aliphatic rings. The molecule has 0 aliphatic heterocycles. The predicted octanol–water partition coefficient (Wildman–Crippen LogP) is 0.685. The molecule has 0 amide bonds. The minimum atomic E-state index is -0.952. The van der Waals surface area contributed by atoms with Crippen LogP contribution in [0.2, 0.25) is 0 Å². The zero-order valence-electron chi connectivity index (χ0n) is 7.90. The number of aliphatic hydroxyl groups excluding tert-OH is 1. The summed E-state index contributed by atoms with van der Waals surface area (Å²) >= 11 is 0. The van der Waals surface area contributed by atoms with E-state index in [0.29, 0.717) is 5.56 Å². The van der Waals surface area contributed by atoms with E-state index in [0.717, 1.165) is 5.56 Å². The summed E-state index contributed by atoms with van der Waals surface area (Å²) in [6.45, 7) is 1.56. The summed E-state index contributed by atoms with van der Waals surface area (Å²) in [5, 5.41) is 17.6. The Balaban J connectivity index is 3.06. The molecule has 0 spiro atoms. The molecule has 0 saturated heterocycles. The van der Waals surface area contributed by atoms with Crippen LogP contribution in [0.25, 0.3) is 0 Å². The Hall–Kier alpha value is -1.39. The summed E-state index contributed by atoms with van der Waals surface area (Å²) in [6.07, 6.45) is 0. The Bertz CT molecular complexity index is 349. The normalized spacial score (nSPS) is 12.5. The molecule has 4 N–H and O–H groups in total. The quantitative estimate of drug-likeness (QED) is 0.662. The van der Waals surface area contributed by atoms with Crippen LogP contribution >= 0.6 is 0 Å². The molecule has 4 nitrogen and oxygen atoms in total. The lowest BCUT2D eigenvalue weighted by molar-refractivity contribution is 0.0696. The molecule has 0 saturated carbocycles. The molecule has 1 unspecified atom stereocenters. The Kier molecular flexibility index (Phi) is 3.22. The second-order valence-electron chi connectivity index (χ2n) is 3.17. The smallest absolute Gasteiger partial charge is 0.335 e. The Morgan fingerprint density at radius 1 is 1.57 bits per heavy atom. The highest BCUT2D eigenvalue weighted by Crippen LogP contribution is 2.15. The van der Waals surface area contributed by atoms with Gasteiger partial charge in [0.1, 0.15) is 0 Å². The summed E-state index contributed by atoms with van der Waals surface area (Å²) in [5.74, 6) is -0.952. The van der Waals surface area contributed by atoms with Crippen LogP contribution < -0.4 is 5.73 Å². The number of carboxylic acids is 1. The van der Waals surface area contributed by atoms with Gasteiger partial charge in [0.2, 0.25) is 0 Å². The van der Waals surface area contributed by atoms with Gasteiger partial charge in [0, 0.05) is 0 Å². The number of benzene rings is 1. The molecule has 4 heteroatoms. The van der Waals surface area contributed by atoms with E-state index in [2.05, 4.69) is 0 Å². The van der Waals surface area contributed by atoms with Crippen LogP contribution in [-0.4, -0.2) is 22.8 Å². The summed E-state index contributed by atoms with van der Waals surface area (Å²) in [5.41, 5.74) is 7.25. The molecular weight excluding hydrogens is 182 g/mol. The van der Waals surface area contributed by atoms with Crippen molar-refractivity contribution < 1.29 is 15.0 Å². The Labute approximate surface area is 82.0 Å². The Morgan fingerprint density at radius 3 is 2.64 bits per heavy atom. The van der Waals surface area contributed by atoms with Gasteiger partial charge in [-0.2, -0.15) is 0 Å². The van der Waals surface area contributed by atoms with E-state index in [1.807, 2.05) is 0 Å². The van der Waals surface area contributed by atoms with Crippen molar-refractivity contribution in [2.24, 2.45) is 5.73 Å². The van der Waals surface area contributed by atoms with Gasteiger partial charge in [-0.15, -0.1) is 0 Å². The standard InChI is InChI=1S/C10H13NO3/c1-6-4-7(9(11)5-12)2-3-8(6)10(13)14/h2-4,9,12H,5,11H2,1H3,(H,13,14).